The number of rotatable bonds is 3. The predicted octanol–water partition coefficient (Wildman–Crippen LogP) is 3.91. The summed E-state index contributed by atoms with van der Waals surface area (Å²) in [5, 5.41) is 0.314. The smallest absolute Gasteiger partial charge is 0.148 e. The molecule has 0 saturated carbocycles. The molecule has 2 heterocycles. The van der Waals surface area contributed by atoms with E-state index in [4.69, 9.17) is 21.1 Å². The van der Waals surface area contributed by atoms with E-state index in [1.54, 1.807) is 19.4 Å². The molecule has 2 atom stereocenters. The van der Waals surface area contributed by atoms with E-state index in [1.807, 2.05) is 32.9 Å². The second-order valence-corrected chi connectivity index (χ2v) is 9.13. The van der Waals surface area contributed by atoms with Gasteiger partial charge < -0.3 is 9.47 Å². The Balaban J connectivity index is 2.04. The first-order valence-corrected chi connectivity index (χ1v) is 9.58. The Kier molecular flexibility index (Phi) is 5.29. The van der Waals surface area contributed by atoms with Gasteiger partial charge in [-0.15, -0.1) is 0 Å². The van der Waals surface area contributed by atoms with Gasteiger partial charge in [-0.1, -0.05) is 11.6 Å². The van der Waals surface area contributed by atoms with Gasteiger partial charge in [-0.25, -0.2) is 9.19 Å². The van der Waals surface area contributed by atoms with Crippen molar-refractivity contribution >= 4 is 28.3 Å². The molecule has 0 spiro atoms. The van der Waals surface area contributed by atoms with E-state index in [-0.39, 0.29) is 0 Å². The standard InChI is InChI=1S/C18H20ClN3O3S/c1-18(2,3)26(23)22-13-8-16(14-9-21-17(19)10-20-14)25-15-7-11(24-4)5-6-12(13)15/h5-7,9-10,16H,8H2,1-4H3/b22-13+/t16-,26?/m1/s1. The molecule has 1 aromatic heterocycles. The van der Waals surface area contributed by atoms with E-state index in [0.717, 1.165) is 5.56 Å². The largest absolute Gasteiger partial charge is 0.497 e. The number of methoxy groups -OCH3 is 1. The Morgan fingerprint density at radius 2 is 2.08 bits per heavy atom. The zero-order valence-electron chi connectivity index (χ0n) is 15.0. The number of ether oxygens (including phenoxy) is 2. The summed E-state index contributed by atoms with van der Waals surface area (Å²) in [7, 11) is 0.213. The van der Waals surface area contributed by atoms with E-state index >= 15 is 0 Å². The number of aromatic nitrogens is 2. The lowest BCUT2D eigenvalue weighted by Crippen LogP contribution is -2.25. The van der Waals surface area contributed by atoms with Gasteiger partial charge in [-0.3, -0.25) is 4.98 Å². The van der Waals surface area contributed by atoms with Crippen molar-refractivity contribution in [2.45, 2.75) is 38.0 Å². The van der Waals surface area contributed by atoms with Crippen LogP contribution in [0.1, 0.15) is 44.6 Å². The first kappa shape index (κ1) is 18.8. The van der Waals surface area contributed by atoms with Gasteiger partial charge >= 0.3 is 0 Å². The molecule has 0 fully saturated rings. The van der Waals surface area contributed by atoms with Crippen LogP contribution >= 0.6 is 11.6 Å². The molecule has 0 bridgehead atoms. The molecule has 6 nitrogen and oxygen atoms in total. The highest BCUT2D eigenvalue weighted by Gasteiger charge is 2.30. The summed E-state index contributed by atoms with van der Waals surface area (Å²) in [6.45, 7) is 5.68. The van der Waals surface area contributed by atoms with Gasteiger partial charge in [0.05, 0.1) is 35.7 Å². The molecule has 1 aliphatic heterocycles. The van der Waals surface area contributed by atoms with Crippen LogP contribution < -0.4 is 9.47 Å². The van der Waals surface area contributed by atoms with Crippen molar-refractivity contribution in [2.24, 2.45) is 4.40 Å². The van der Waals surface area contributed by atoms with Crippen molar-refractivity contribution in [3.05, 3.63) is 47.0 Å². The van der Waals surface area contributed by atoms with Gasteiger partial charge in [0, 0.05) is 18.1 Å². The van der Waals surface area contributed by atoms with Gasteiger partial charge in [0.2, 0.25) is 0 Å². The van der Waals surface area contributed by atoms with Crippen LogP contribution in [0.15, 0.2) is 35.0 Å². The normalized spacial score (nSPS) is 19.6. The van der Waals surface area contributed by atoms with Crippen molar-refractivity contribution in [1.82, 2.24) is 9.97 Å². The third-order valence-electron chi connectivity index (χ3n) is 3.83. The molecule has 1 aromatic carbocycles. The maximum absolute atomic E-state index is 12.6. The minimum Gasteiger partial charge on any atom is -0.497 e. The van der Waals surface area contributed by atoms with E-state index < -0.39 is 21.8 Å². The summed E-state index contributed by atoms with van der Waals surface area (Å²) in [5.41, 5.74) is 2.16. The first-order valence-electron chi connectivity index (χ1n) is 8.10. The maximum Gasteiger partial charge on any atom is 0.148 e. The number of hydrogen-bond donors (Lipinski definition) is 0. The molecule has 26 heavy (non-hydrogen) atoms. The summed E-state index contributed by atoms with van der Waals surface area (Å²) >= 11 is 5.82. The molecule has 0 N–H and O–H groups in total. The Labute approximate surface area is 160 Å². The third-order valence-corrected chi connectivity index (χ3v) is 5.46. The van der Waals surface area contributed by atoms with E-state index in [1.165, 1.54) is 6.20 Å². The van der Waals surface area contributed by atoms with Crippen LogP contribution in [0.3, 0.4) is 0 Å². The quantitative estimate of drug-likeness (QED) is 0.790. The molecule has 2 aromatic rings. The van der Waals surface area contributed by atoms with Crippen LogP contribution in [0.2, 0.25) is 5.15 Å². The van der Waals surface area contributed by atoms with Gasteiger partial charge in [0.15, 0.2) is 0 Å². The Bertz CT molecular complexity index is 863. The third kappa shape index (κ3) is 4.04. The SMILES string of the molecule is COc1ccc2c(c1)O[C@@H](c1cnc(Cl)cn1)C/C2=N\S(=O)C(C)(C)C. The summed E-state index contributed by atoms with van der Waals surface area (Å²) in [6.07, 6.45) is 3.11. The molecular weight excluding hydrogens is 374 g/mol. The van der Waals surface area contributed by atoms with Crippen molar-refractivity contribution in [2.75, 3.05) is 7.11 Å². The molecule has 3 rings (SSSR count). The maximum atomic E-state index is 12.6. The van der Waals surface area contributed by atoms with Gasteiger partial charge in [0.1, 0.15) is 33.7 Å². The number of halogens is 1. The van der Waals surface area contributed by atoms with Crippen LogP contribution in [0, 0.1) is 0 Å². The number of hydrogen-bond acceptors (Lipinski definition) is 5. The van der Waals surface area contributed by atoms with Gasteiger partial charge in [-0.05, 0) is 32.9 Å². The molecule has 8 heteroatoms. The lowest BCUT2D eigenvalue weighted by Gasteiger charge is -2.27. The fraction of sp³-hybridized carbons (Fsp3) is 0.389. The van der Waals surface area contributed by atoms with E-state index in [9.17, 15) is 4.21 Å². The van der Waals surface area contributed by atoms with E-state index in [0.29, 0.717) is 34.5 Å². The summed E-state index contributed by atoms with van der Waals surface area (Å²) in [5.74, 6) is 1.28. The molecular formula is C18H20ClN3O3S. The molecule has 1 aliphatic rings. The van der Waals surface area contributed by atoms with Gasteiger partial charge in [-0.2, -0.15) is 4.40 Å². The minimum absolute atomic E-state index is 0.314. The second-order valence-electron chi connectivity index (χ2n) is 6.84. The van der Waals surface area contributed by atoms with Crippen LogP contribution in [0.25, 0.3) is 0 Å². The topological polar surface area (TPSA) is 73.7 Å². The molecule has 0 aliphatic carbocycles. The lowest BCUT2D eigenvalue weighted by molar-refractivity contribution is 0.200. The highest BCUT2D eigenvalue weighted by molar-refractivity contribution is 7.85. The number of nitrogens with zero attached hydrogens (tertiary/aromatic N) is 3. The molecule has 1 unspecified atom stereocenters. The second kappa shape index (κ2) is 7.32. The molecule has 138 valence electrons. The van der Waals surface area contributed by atoms with Crippen molar-refractivity contribution in [1.29, 1.82) is 0 Å². The van der Waals surface area contributed by atoms with Gasteiger partial charge in [0.25, 0.3) is 0 Å². The fourth-order valence-electron chi connectivity index (χ4n) is 2.42. The number of benzene rings is 1. The highest BCUT2D eigenvalue weighted by Crippen LogP contribution is 2.37. The highest BCUT2D eigenvalue weighted by atomic mass is 35.5. The minimum atomic E-state index is -1.38. The van der Waals surface area contributed by atoms with Crippen molar-refractivity contribution in [3.63, 3.8) is 0 Å². The van der Waals surface area contributed by atoms with Crippen molar-refractivity contribution < 1.29 is 13.7 Å². The monoisotopic (exact) mass is 393 g/mol. The summed E-state index contributed by atoms with van der Waals surface area (Å²) in [4.78, 5) is 8.37. The van der Waals surface area contributed by atoms with Crippen LogP contribution in [-0.4, -0.2) is 31.7 Å². The predicted molar refractivity (Wildman–Crippen MR) is 102 cm³/mol. The average molecular weight is 394 g/mol. The molecule has 0 saturated heterocycles. The van der Waals surface area contributed by atoms with Crippen LogP contribution in [0.4, 0.5) is 0 Å². The average Bonchev–Trinajstić information content (AvgIpc) is 2.60. The Morgan fingerprint density at radius 3 is 2.69 bits per heavy atom. The summed E-state index contributed by atoms with van der Waals surface area (Å²) in [6, 6.07) is 5.50. The first-order chi connectivity index (χ1) is 12.3. The van der Waals surface area contributed by atoms with Crippen LogP contribution in [0.5, 0.6) is 11.5 Å². The lowest BCUT2D eigenvalue weighted by atomic mass is 9.98. The Morgan fingerprint density at radius 1 is 1.31 bits per heavy atom. The molecule has 0 radical (unpaired) electrons. The zero-order valence-corrected chi connectivity index (χ0v) is 16.6. The number of fused-ring (bicyclic) bond motifs is 1. The molecule has 0 amide bonds. The zero-order chi connectivity index (χ0) is 18.9. The van der Waals surface area contributed by atoms with Crippen molar-refractivity contribution in [3.8, 4) is 11.5 Å². The van der Waals surface area contributed by atoms with E-state index in [2.05, 4.69) is 14.4 Å². The fourth-order valence-corrected chi connectivity index (χ4v) is 3.17. The van der Waals surface area contributed by atoms with Crippen LogP contribution in [-0.2, 0) is 11.0 Å². The summed E-state index contributed by atoms with van der Waals surface area (Å²) < 4.78 is 28.0. The Hall–Kier alpha value is -1.99.